The van der Waals surface area contributed by atoms with Crippen molar-refractivity contribution in [1.82, 2.24) is 4.98 Å². The number of carboxylic acid groups (broad SMARTS) is 1. The van der Waals surface area contributed by atoms with Gasteiger partial charge in [0.15, 0.2) is 0 Å². The largest absolute Gasteiger partial charge is 0.478 e. The molecule has 0 radical (unpaired) electrons. The molecule has 1 amide bonds. The van der Waals surface area contributed by atoms with E-state index in [2.05, 4.69) is 10.3 Å². The molecule has 0 fully saturated rings. The van der Waals surface area contributed by atoms with Crippen molar-refractivity contribution in [3.05, 3.63) is 65.4 Å². The first-order chi connectivity index (χ1) is 10.5. The van der Waals surface area contributed by atoms with Gasteiger partial charge in [0, 0.05) is 16.6 Å². The van der Waals surface area contributed by atoms with Crippen LogP contribution in [0.5, 0.6) is 0 Å². The van der Waals surface area contributed by atoms with Crippen LogP contribution in [0.3, 0.4) is 0 Å². The summed E-state index contributed by atoms with van der Waals surface area (Å²) in [5.74, 6) is -1.33. The molecule has 0 bridgehead atoms. The number of para-hydroxylation sites is 1. The zero-order valence-corrected chi connectivity index (χ0v) is 11.9. The second-order valence-corrected chi connectivity index (χ2v) is 5.06. The summed E-state index contributed by atoms with van der Waals surface area (Å²) in [7, 11) is 0. The van der Waals surface area contributed by atoms with Gasteiger partial charge in [-0.15, -0.1) is 0 Å². The number of aryl methyl sites for hydroxylation is 1. The highest BCUT2D eigenvalue weighted by atomic mass is 16.4. The molecule has 22 heavy (non-hydrogen) atoms. The minimum atomic E-state index is -1.03. The number of aromatic carboxylic acids is 1. The lowest BCUT2D eigenvalue weighted by Gasteiger charge is -2.08. The first-order valence-electron chi connectivity index (χ1n) is 6.77. The lowest BCUT2D eigenvalue weighted by Crippen LogP contribution is -2.13. The maximum Gasteiger partial charge on any atom is 0.335 e. The molecule has 3 aromatic rings. The lowest BCUT2D eigenvalue weighted by atomic mass is 10.1. The Labute approximate surface area is 126 Å². The zero-order chi connectivity index (χ0) is 15.7. The zero-order valence-electron chi connectivity index (χ0n) is 11.9. The van der Waals surface area contributed by atoms with Crippen molar-refractivity contribution < 1.29 is 14.7 Å². The van der Waals surface area contributed by atoms with Gasteiger partial charge in [0.1, 0.15) is 5.69 Å². The molecule has 0 saturated carbocycles. The number of anilines is 1. The van der Waals surface area contributed by atoms with Crippen molar-refractivity contribution in [3.8, 4) is 0 Å². The van der Waals surface area contributed by atoms with Crippen LogP contribution < -0.4 is 5.32 Å². The fourth-order valence-electron chi connectivity index (χ4n) is 2.28. The number of carbonyl (C=O) groups excluding carboxylic acids is 1. The molecule has 0 atom stereocenters. The predicted octanol–water partition coefficient (Wildman–Crippen LogP) is 3.43. The number of carboxylic acids is 1. The number of H-pyrrole nitrogens is 1. The lowest BCUT2D eigenvalue weighted by molar-refractivity contribution is 0.0696. The topological polar surface area (TPSA) is 82.2 Å². The Morgan fingerprint density at radius 2 is 1.86 bits per heavy atom. The Balaban J connectivity index is 1.90. The molecule has 3 rings (SSSR count). The van der Waals surface area contributed by atoms with E-state index < -0.39 is 5.97 Å². The van der Waals surface area contributed by atoms with Gasteiger partial charge in [0.25, 0.3) is 5.91 Å². The van der Waals surface area contributed by atoms with E-state index in [1.54, 1.807) is 12.1 Å². The van der Waals surface area contributed by atoms with Crippen LogP contribution in [0.1, 0.15) is 26.4 Å². The summed E-state index contributed by atoms with van der Waals surface area (Å²) in [6.45, 7) is 1.81. The maximum atomic E-state index is 12.3. The van der Waals surface area contributed by atoms with Gasteiger partial charge in [-0.3, -0.25) is 4.79 Å². The van der Waals surface area contributed by atoms with Crippen molar-refractivity contribution in [3.63, 3.8) is 0 Å². The highest BCUT2D eigenvalue weighted by Crippen LogP contribution is 2.20. The molecule has 0 aliphatic carbocycles. The third-order valence-corrected chi connectivity index (χ3v) is 3.51. The molecule has 2 aromatic carbocycles. The SMILES string of the molecule is Cc1ccc(C(=O)O)cc1NC(=O)c1cc2ccccc2[nH]1. The number of carbonyl (C=O) groups is 2. The smallest absolute Gasteiger partial charge is 0.335 e. The molecule has 3 N–H and O–H groups in total. The summed E-state index contributed by atoms with van der Waals surface area (Å²) in [4.78, 5) is 26.4. The van der Waals surface area contributed by atoms with E-state index in [-0.39, 0.29) is 11.5 Å². The summed E-state index contributed by atoms with van der Waals surface area (Å²) in [6, 6.07) is 14.0. The van der Waals surface area contributed by atoms with E-state index in [9.17, 15) is 9.59 Å². The molecule has 0 aliphatic heterocycles. The average molecular weight is 294 g/mol. The van der Waals surface area contributed by atoms with Crippen LogP contribution in [0, 0.1) is 6.92 Å². The third-order valence-electron chi connectivity index (χ3n) is 3.51. The van der Waals surface area contributed by atoms with Crippen molar-refractivity contribution in [2.45, 2.75) is 6.92 Å². The standard InChI is InChI=1S/C17H14N2O3/c1-10-6-7-12(17(21)22)9-14(10)19-16(20)15-8-11-4-2-3-5-13(11)18-15/h2-9,18H,1H3,(H,19,20)(H,21,22). The number of nitrogens with one attached hydrogen (secondary N) is 2. The Bertz CT molecular complexity index is 847. The fourth-order valence-corrected chi connectivity index (χ4v) is 2.28. The van der Waals surface area contributed by atoms with Gasteiger partial charge in [0.05, 0.1) is 5.56 Å². The number of amides is 1. The summed E-state index contributed by atoms with van der Waals surface area (Å²) >= 11 is 0. The van der Waals surface area contributed by atoms with Gasteiger partial charge >= 0.3 is 5.97 Å². The molecule has 5 nitrogen and oxygen atoms in total. The minimum absolute atomic E-state index is 0.137. The number of benzene rings is 2. The van der Waals surface area contributed by atoms with Crippen LogP contribution in [0.4, 0.5) is 5.69 Å². The van der Waals surface area contributed by atoms with E-state index in [0.717, 1.165) is 16.5 Å². The number of hydrogen-bond acceptors (Lipinski definition) is 2. The van der Waals surface area contributed by atoms with E-state index in [0.29, 0.717) is 11.4 Å². The van der Waals surface area contributed by atoms with Crippen LogP contribution in [-0.4, -0.2) is 22.0 Å². The number of aromatic nitrogens is 1. The van der Waals surface area contributed by atoms with Crippen LogP contribution in [0.15, 0.2) is 48.5 Å². The van der Waals surface area contributed by atoms with E-state index in [1.165, 1.54) is 12.1 Å². The molecule has 0 unspecified atom stereocenters. The predicted molar refractivity (Wildman–Crippen MR) is 84.4 cm³/mol. The Kier molecular flexibility index (Phi) is 3.39. The average Bonchev–Trinajstić information content (AvgIpc) is 2.93. The molecular weight excluding hydrogens is 280 g/mol. The highest BCUT2D eigenvalue weighted by Gasteiger charge is 2.12. The molecule has 1 aromatic heterocycles. The second kappa shape index (κ2) is 5.37. The molecule has 110 valence electrons. The Hall–Kier alpha value is -3.08. The minimum Gasteiger partial charge on any atom is -0.478 e. The summed E-state index contributed by atoms with van der Waals surface area (Å²) in [5.41, 5.74) is 2.74. The monoisotopic (exact) mass is 294 g/mol. The van der Waals surface area contributed by atoms with Gasteiger partial charge in [-0.2, -0.15) is 0 Å². The van der Waals surface area contributed by atoms with Gasteiger partial charge in [-0.05, 0) is 36.8 Å². The van der Waals surface area contributed by atoms with Gasteiger partial charge in [-0.1, -0.05) is 24.3 Å². The van der Waals surface area contributed by atoms with E-state index in [1.807, 2.05) is 31.2 Å². The molecule has 0 spiro atoms. The Morgan fingerprint density at radius 1 is 1.09 bits per heavy atom. The van der Waals surface area contributed by atoms with Crippen LogP contribution in [0.25, 0.3) is 10.9 Å². The summed E-state index contributed by atoms with van der Waals surface area (Å²) in [6.07, 6.45) is 0. The molecule has 0 aliphatic rings. The van der Waals surface area contributed by atoms with E-state index >= 15 is 0 Å². The molecule has 5 heteroatoms. The van der Waals surface area contributed by atoms with Crippen molar-refractivity contribution in [2.24, 2.45) is 0 Å². The van der Waals surface area contributed by atoms with Crippen LogP contribution in [0.2, 0.25) is 0 Å². The Morgan fingerprint density at radius 3 is 2.59 bits per heavy atom. The van der Waals surface area contributed by atoms with Gasteiger partial charge in [-0.25, -0.2) is 4.79 Å². The molecular formula is C17H14N2O3. The maximum absolute atomic E-state index is 12.3. The van der Waals surface area contributed by atoms with Crippen molar-refractivity contribution >= 4 is 28.5 Å². The normalized spacial score (nSPS) is 10.6. The second-order valence-electron chi connectivity index (χ2n) is 5.06. The van der Waals surface area contributed by atoms with Crippen molar-refractivity contribution in [1.29, 1.82) is 0 Å². The summed E-state index contributed by atoms with van der Waals surface area (Å²) < 4.78 is 0. The van der Waals surface area contributed by atoms with Crippen molar-refractivity contribution in [2.75, 3.05) is 5.32 Å². The van der Waals surface area contributed by atoms with Gasteiger partial charge in [0.2, 0.25) is 0 Å². The summed E-state index contributed by atoms with van der Waals surface area (Å²) in [5, 5.41) is 12.7. The molecule has 0 saturated heterocycles. The first-order valence-corrected chi connectivity index (χ1v) is 6.77. The van der Waals surface area contributed by atoms with E-state index in [4.69, 9.17) is 5.11 Å². The molecule has 1 heterocycles. The third kappa shape index (κ3) is 2.56. The quantitative estimate of drug-likeness (QED) is 0.692. The first kappa shape index (κ1) is 13.9. The number of fused-ring (bicyclic) bond motifs is 1. The fraction of sp³-hybridized carbons (Fsp3) is 0.0588. The number of hydrogen-bond donors (Lipinski definition) is 3. The van der Waals surface area contributed by atoms with Crippen LogP contribution >= 0.6 is 0 Å². The highest BCUT2D eigenvalue weighted by molar-refractivity contribution is 6.06. The van der Waals surface area contributed by atoms with Gasteiger partial charge < -0.3 is 15.4 Å². The van der Waals surface area contributed by atoms with Crippen LogP contribution in [-0.2, 0) is 0 Å². The number of aromatic amines is 1. The number of rotatable bonds is 3.